The molecular weight excluding hydrogens is 1220 g/mol. The number of likely N-dealkylation sites (N-methyl/N-ethyl adjacent to an activating group) is 7. The first kappa shape index (κ1) is 85.0. The van der Waals surface area contributed by atoms with E-state index in [0.717, 1.165) is 9.80 Å². The second-order valence-corrected chi connectivity index (χ2v) is 29.7. The zero-order valence-electron chi connectivity index (χ0n) is 60.9. The summed E-state index contributed by atoms with van der Waals surface area (Å²) in [6.07, 6.45) is 2.07. The summed E-state index contributed by atoms with van der Waals surface area (Å²) < 4.78 is 24.1. The Bertz CT molecular complexity index is 2590. The van der Waals surface area contributed by atoms with E-state index in [2.05, 4.69) is 21.3 Å². The van der Waals surface area contributed by atoms with Crippen molar-refractivity contribution >= 4 is 72.6 Å². The van der Waals surface area contributed by atoms with Gasteiger partial charge in [0.05, 0.1) is 32.0 Å². The van der Waals surface area contributed by atoms with E-state index in [4.69, 9.17) is 9.05 Å². The van der Waals surface area contributed by atoms with E-state index in [1.54, 1.807) is 67.5 Å². The standard InChI is InChI=1S/C66H120N11O15P/c1-26-47-62(85)71(19)37-52(78)72(20)48(33-38(4)5)59(82)70-53(42(12)13)65(88)73(21)49(34-39(6)7)58(81)67-45(17)57(80)68-46(18)61(84)74(22)50(35-40(8)9)63(86)75(23)51(36-41(10)11)64(87)76(24)54(43(14)15)66(89)77(25)55(60(83)69-47)56(79)44(16)31-29-30-32-93(90,91-27-2)92-28-3/h29-30,38-51,53-56,79H,26-28,31-37H2,1-25H3,(H,67,81)(H,68,80)(H,69,83)(H,70,82)/b30-29+/t44-,45+,46-,47+,48+,49+,50+,51+,53+,54+,55+,56-/m1/s1. The van der Waals surface area contributed by atoms with Gasteiger partial charge < -0.3 is 69.7 Å². The van der Waals surface area contributed by atoms with Gasteiger partial charge in [-0.05, 0) is 108 Å². The van der Waals surface area contributed by atoms with E-state index in [1.807, 2.05) is 55.4 Å². The number of nitrogens with zero attached hydrogens (tertiary/aromatic N) is 7. The van der Waals surface area contributed by atoms with Crippen LogP contribution in [0, 0.1) is 41.4 Å². The van der Waals surface area contributed by atoms with E-state index in [-0.39, 0.29) is 81.6 Å². The molecule has 1 rings (SSSR count). The van der Waals surface area contributed by atoms with Gasteiger partial charge in [0.2, 0.25) is 65.0 Å². The lowest BCUT2D eigenvalue weighted by Crippen LogP contribution is -2.63. The average molecular weight is 1340 g/mol. The minimum Gasteiger partial charge on any atom is -0.390 e. The monoisotopic (exact) mass is 1340 g/mol. The van der Waals surface area contributed by atoms with Gasteiger partial charge in [-0.15, -0.1) is 0 Å². The van der Waals surface area contributed by atoms with Gasteiger partial charge in [-0.25, -0.2) is 0 Å². The highest BCUT2D eigenvalue weighted by atomic mass is 31.2. The molecule has 93 heavy (non-hydrogen) atoms. The molecule has 0 aromatic rings. The Hall–Kier alpha value is -5.98. The quantitative estimate of drug-likeness (QED) is 0.0780. The molecule has 12 atom stereocenters. The van der Waals surface area contributed by atoms with Crippen LogP contribution >= 0.6 is 7.60 Å². The van der Waals surface area contributed by atoms with Gasteiger partial charge in [0.25, 0.3) is 0 Å². The van der Waals surface area contributed by atoms with Gasteiger partial charge in [0.1, 0.15) is 60.4 Å². The number of hydrogen-bond acceptors (Lipinski definition) is 15. The predicted molar refractivity (Wildman–Crippen MR) is 358 cm³/mol. The van der Waals surface area contributed by atoms with Gasteiger partial charge >= 0.3 is 7.60 Å². The number of hydrogen-bond donors (Lipinski definition) is 5. The highest BCUT2D eigenvalue weighted by Gasteiger charge is 2.46. The van der Waals surface area contributed by atoms with Gasteiger partial charge in [-0.2, -0.15) is 0 Å². The summed E-state index contributed by atoms with van der Waals surface area (Å²) in [4.78, 5) is 170. The molecular formula is C66H120N11O15P. The smallest absolute Gasteiger partial charge is 0.334 e. The van der Waals surface area contributed by atoms with Crippen molar-refractivity contribution in [3.05, 3.63) is 12.2 Å². The molecule has 0 radical (unpaired) electrons. The zero-order valence-corrected chi connectivity index (χ0v) is 61.8. The van der Waals surface area contributed by atoms with Crippen LogP contribution in [0.3, 0.4) is 0 Å². The van der Waals surface area contributed by atoms with Crippen molar-refractivity contribution in [2.24, 2.45) is 41.4 Å². The SMILES string of the molecule is CCOP(=O)(C/C=C/C[C@@H](C)[C@@H](O)[C@H]1C(=O)N[C@@H](CC)C(=O)N(C)CC(=O)N(C)[C@@H](CC(C)C)C(=O)N[C@@H](C(C)C)C(=O)N(C)[C@@H](CC(C)C)C(=O)N[C@@H](C)C(=O)N[C@H](C)C(=O)N(C)[C@@H](CC(C)C)C(=O)N(C)[C@@H](CC(C)C)C(=O)N(C)[C@@H](C(C)C)C(=O)N1C)OCC. The Labute approximate surface area is 556 Å². The maximum Gasteiger partial charge on any atom is 0.334 e. The summed E-state index contributed by atoms with van der Waals surface area (Å²) >= 11 is 0. The molecule has 534 valence electrons. The number of nitrogens with one attached hydrogen (secondary N) is 4. The van der Waals surface area contributed by atoms with Crippen LogP contribution in [-0.2, 0) is 66.4 Å². The van der Waals surface area contributed by atoms with E-state index in [9.17, 15) is 43.2 Å². The Kier molecular flexibility index (Phi) is 35.8. The molecule has 27 heteroatoms. The van der Waals surface area contributed by atoms with Crippen LogP contribution in [0.25, 0.3) is 0 Å². The van der Waals surface area contributed by atoms with Crippen LogP contribution in [0.2, 0.25) is 0 Å². The average Bonchev–Trinajstić information content (AvgIpc) is 0.877. The molecule has 0 aromatic carbocycles. The van der Waals surface area contributed by atoms with Crippen LogP contribution in [0.1, 0.15) is 163 Å². The molecule has 1 aliphatic heterocycles. The van der Waals surface area contributed by atoms with E-state index in [0.29, 0.717) is 0 Å². The number of rotatable bonds is 21. The van der Waals surface area contributed by atoms with Crippen molar-refractivity contribution in [2.75, 3.05) is 75.3 Å². The summed E-state index contributed by atoms with van der Waals surface area (Å²) in [7, 11) is 6.27. The fraction of sp³-hybridized carbons (Fsp3) is 0.803. The third-order valence-electron chi connectivity index (χ3n) is 17.0. The number of aliphatic hydroxyl groups excluding tert-OH is 1. The molecule has 0 unspecified atom stereocenters. The number of carbonyl (C=O) groups excluding carboxylic acids is 11. The highest BCUT2D eigenvalue weighted by molar-refractivity contribution is 7.54. The lowest BCUT2D eigenvalue weighted by atomic mass is 9.91. The third kappa shape index (κ3) is 24.9. The normalized spacial score (nSPS) is 25.8. The summed E-state index contributed by atoms with van der Waals surface area (Å²) in [6, 6.07) is -12.8. The molecule has 1 aliphatic rings. The second-order valence-electron chi connectivity index (χ2n) is 27.6. The van der Waals surface area contributed by atoms with Crippen molar-refractivity contribution < 1.29 is 71.5 Å². The van der Waals surface area contributed by atoms with Crippen molar-refractivity contribution in [1.82, 2.24) is 55.6 Å². The number of allylic oxidation sites excluding steroid dienone is 2. The largest absolute Gasteiger partial charge is 0.390 e. The third-order valence-corrected chi connectivity index (χ3v) is 18.9. The lowest BCUT2D eigenvalue weighted by Gasteiger charge is -2.41. The van der Waals surface area contributed by atoms with Gasteiger partial charge in [0, 0.05) is 49.3 Å². The molecule has 0 aliphatic carbocycles. The van der Waals surface area contributed by atoms with E-state index in [1.165, 1.54) is 87.7 Å². The van der Waals surface area contributed by atoms with Crippen LogP contribution in [0.15, 0.2) is 12.2 Å². The minimum absolute atomic E-state index is 0.0288. The maximum absolute atomic E-state index is 15.4. The zero-order chi connectivity index (χ0) is 72.0. The summed E-state index contributed by atoms with van der Waals surface area (Å²) in [5.74, 6) is -10.4. The number of aliphatic hydroxyl groups is 1. The Morgan fingerprint density at radius 2 is 0.892 bits per heavy atom. The molecule has 0 bridgehead atoms. The molecule has 0 spiro atoms. The molecule has 1 saturated heterocycles. The van der Waals surface area contributed by atoms with Crippen molar-refractivity contribution in [3.8, 4) is 0 Å². The summed E-state index contributed by atoms with van der Waals surface area (Å²) in [5.41, 5.74) is 0. The molecule has 1 heterocycles. The van der Waals surface area contributed by atoms with Crippen LogP contribution in [-0.4, -0.2) is 246 Å². The fourth-order valence-corrected chi connectivity index (χ4v) is 12.9. The van der Waals surface area contributed by atoms with Gasteiger partial charge in [0.15, 0.2) is 0 Å². The fourth-order valence-electron chi connectivity index (χ4n) is 11.4. The minimum atomic E-state index is -3.50. The lowest BCUT2D eigenvalue weighted by molar-refractivity contribution is -0.157. The number of amides is 11. The number of carbonyl (C=O) groups is 11. The Morgan fingerprint density at radius 1 is 0.473 bits per heavy atom. The van der Waals surface area contributed by atoms with Gasteiger partial charge in [-0.3, -0.25) is 57.3 Å². The molecule has 26 nitrogen and oxygen atoms in total. The highest BCUT2D eigenvalue weighted by Crippen LogP contribution is 2.48. The molecule has 0 aromatic heterocycles. The van der Waals surface area contributed by atoms with Crippen LogP contribution in [0.4, 0.5) is 0 Å². The second kappa shape index (κ2) is 39.2. The first-order valence-electron chi connectivity index (χ1n) is 33.2. The van der Waals surface area contributed by atoms with E-state index < -0.39 is 163 Å². The predicted octanol–water partition coefficient (Wildman–Crippen LogP) is 4.52. The van der Waals surface area contributed by atoms with Crippen molar-refractivity contribution in [3.63, 3.8) is 0 Å². The molecule has 0 saturated carbocycles. The van der Waals surface area contributed by atoms with Crippen molar-refractivity contribution in [1.29, 1.82) is 0 Å². The first-order chi connectivity index (χ1) is 43.0. The first-order valence-corrected chi connectivity index (χ1v) is 35.0. The Balaban J connectivity index is 4.39. The van der Waals surface area contributed by atoms with Crippen LogP contribution < -0.4 is 21.3 Å². The maximum atomic E-state index is 15.4. The Morgan fingerprint density at radius 3 is 1.34 bits per heavy atom. The van der Waals surface area contributed by atoms with Crippen molar-refractivity contribution in [2.45, 2.75) is 230 Å². The van der Waals surface area contributed by atoms with Crippen LogP contribution in [0.5, 0.6) is 0 Å². The summed E-state index contributed by atoms with van der Waals surface area (Å²) in [5, 5.41) is 23.3. The summed E-state index contributed by atoms with van der Waals surface area (Å²) in [6.45, 7) is 30.8. The molecule has 1 fully saturated rings. The van der Waals surface area contributed by atoms with E-state index >= 15 is 19.2 Å². The molecule has 5 N–H and O–H groups in total. The topological polar surface area (TPSA) is 314 Å². The van der Waals surface area contributed by atoms with Gasteiger partial charge in [-0.1, -0.05) is 109 Å². The molecule has 11 amide bonds.